The summed E-state index contributed by atoms with van der Waals surface area (Å²) in [5.74, 6) is -4.86. The average molecular weight is 558 g/mol. The van der Waals surface area contributed by atoms with Crippen molar-refractivity contribution in [2.24, 2.45) is 50.3 Å². The zero-order valence-corrected chi connectivity index (χ0v) is 22.4. The molecule has 0 aliphatic carbocycles. The minimum absolute atomic E-state index is 0.0000877. The first-order valence-electron chi connectivity index (χ1n) is 12.4. The first kappa shape index (κ1) is 34.9. The Labute approximate surface area is 226 Å². The molecule has 4 unspecified atom stereocenters. The van der Waals surface area contributed by atoms with Crippen LogP contribution < -0.4 is 50.4 Å². The van der Waals surface area contributed by atoms with Gasteiger partial charge >= 0.3 is 5.97 Å². The maximum atomic E-state index is 13.1. The van der Waals surface area contributed by atoms with E-state index in [1.807, 2.05) is 0 Å². The summed E-state index contributed by atoms with van der Waals surface area (Å²) in [5.41, 5.74) is 32.1. The first-order chi connectivity index (χ1) is 18.1. The number of carbonyl (C=O) groups excluding carboxylic acids is 4. The van der Waals surface area contributed by atoms with Gasteiger partial charge in [0.15, 0.2) is 11.9 Å². The van der Waals surface area contributed by atoms with Crippen LogP contribution >= 0.6 is 0 Å². The topological polar surface area (TPSA) is 323 Å². The summed E-state index contributed by atoms with van der Waals surface area (Å²) in [6.07, 6.45) is 0.465. The maximum absolute atomic E-state index is 13.1. The Morgan fingerprint density at radius 2 is 1.23 bits per heavy atom. The zero-order chi connectivity index (χ0) is 30.1. The number of nitrogens with zero attached hydrogens (tertiary/aromatic N) is 2. The summed E-state index contributed by atoms with van der Waals surface area (Å²) in [6.45, 7) is 3.77. The van der Waals surface area contributed by atoms with E-state index in [1.54, 1.807) is 13.8 Å². The molecule has 4 atom stereocenters. The molecule has 4 amide bonds. The number of primary amides is 1. The molecule has 17 heteroatoms. The lowest BCUT2D eigenvalue weighted by Gasteiger charge is -2.27. The van der Waals surface area contributed by atoms with Gasteiger partial charge in [0.1, 0.15) is 18.1 Å². The maximum Gasteiger partial charge on any atom is 0.326 e. The number of rotatable bonds is 19. The Balaban J connectivity index is 5.41. The van der Waals surface area contributed by atoms with Crippen LogP contribution in [0.2, 0.25) is 0 Å². The lowest BCUT2D eigenvalue weighted by molar-refractivity contribution is -0.142. The molecule has 0 radical (unpaired) electrons. The van der Waals surface area contributed by atoms with E-state index in [0.717, 1.165) is 0 Å². The van der Waals surface area contributed by atoms with Crippen LogP contribution in [-0.4, -0.2) is 83.9 Å². The minimum atomic E-state index is -1.31. The number of hydrogen-bond acceptors (Lipinski definition) is 8. The normalized spacial score (nSPS) is 13.7. The van der Waals surface area contributed by atoms with Crippen LogP contribution in [0, 0.1) is 5.92 Å². The second-order valence-corrected chi connectivity index (χ2v) is 9.20. The van der Waals surface area contributed by atoms with E-state index in [9.17, 15) is 29.1 Å². The molecule has 0 aromatic heterocycles. The Morgan fingerprint density at radius 3 is 1.69 bits per heavy atom. The third-order valence-electron chi connectivity index (χ3n) is 5.42. The van der Waals surface area contributed by atoms with Gasteiger partial charge in [-0.3, -0.25) is 29.2 Å². The summed E-state index contributed by atoms with van der Waals surface area (Å²) in [4.78, 5) is 69.1. The highest BCUT2D eigenvalue weighted by Gasteiger charge is 2.31. The number of carboxylic acid groups (broad SMARTS) is 1. The van der Waals surface area contributed by atoms with Crippen LogP contribution in [0.5, 0.6) is 0 Å². The molecule has 0 rings (SSSR count). The van der Waals surface area contributed by atoms with Crippen molar-refractivity contribution in [1.82, 2.24) is 16.0 Å². The van der Waals surface area contributed by atoms with Gasteiger partial charge in [0.25, 0.3) is 0 Å². The van der Waals surface area contributed by atoms with Crippen LogP contribution in [-0.2, 0) is 24.0 Å². The molecule has 0 heterocycles. The highest BCUT2D eigenvalue weighted by molar-refractivity contribution is 5.94. The summed E-state index contributed by atoms with van der Waals surface area (Å²) in [6, 6.07) is -4.65. The summed E-state index contributed by atoms with van der Waals surface area (Å²) in [5, 5.41) is 16.9. The van der Waals surface area contributed by atoms with E-state index < -0.39 is 59.7 Å². The molecular weight excluding hydrogens is 514 g/mol. The summed E-state index contributed by atoms with van der Waals surface area (Å²) >= 11 is 0. The van der Waals surface area contributed by atoms with Crippen molar-refractivity contribution in [1.29, 1.82) is 0 Å². The van der Waals surface area contributed by atoms with Gasteiger partial charge in [-0.15, -0.1) is 0 Å². The molecule has 222 valence electrons. The third kappa shape index (κ3) is 15.6. The molecular formula is C22H43N11O6. The van der Waals surface area contributed by atoms with Crippen molar-refractivity contribution in [3.63, 3.8) is 0 Å². The quantitative estimate of drug-likeness (QED) is 0.0413. The second-order valence-electron chi connectivity index (χ2n) is 9.20. The van der Waals surface area contributed by atoms with Gasteiger partial charge in [0.05, 0.1) is 6.04 Å². The molecule has 0 aromatic carbocycles. The van der Waals surface area contributed by atoms with Gasteiger partial charge < -0.3 is 55.5 Å². The van der Waals surface area contributed by atoms with E-state index in [4.69, 9.17) is 34.4 Å². The van der Waals surface area contributed by atoms with Crippen molar-refractivity contribution < 1.29 is 29.1 Å². The fourth-order valence-electron chi connectivity index (χ4n) is 3.30. The lowest BCUT2D eigenvalue weighted by atomic mass is 10.0. The van der Waals surface area contributed by atoms with Crippen molar-refractivity contribution in [3.8, 4) is 0 Å². The molecule has 0 saturated carbocycles. The SMILES string of the molecule is CC(C)C(NC(=O)C(N)CCCN=C(N)N)C(=O)NC(CCC(N)=O)C(=O)NC(CCCN=C(N)N)C(=O)O. The van der Waals surface area contributed by atoms with Gasteiger partial charge in [0.2, 0.25) is 23.6 Å². The molecule has 0 spiro atoms. The number of aliphatic carboxylic acids is 1. The lowest BCUT2D eigenvalue weighted by Crippen LogP contribution is -2.58. The molecule has 0 bridgehead atoms. The molecule has 39 heavy (non-hydrogen) atoms. The minimum Gasteiger partial charge on any atom is -0.480 e. The van der Waals surface area contributed by atoms with Crippen molar-refractivity contribution in [3.05, 3.63) is 0 Å². The molecule has 0 fully saturated rings. The molecule has 0 aromatic rings. The van der Waals surface area contributed by atoms with Gasteiger partial charge in [0, 0.05) is 19.5 Å². The molecule has 0 aliphatic rings. The molecule has 17 nitrogen and oxygen atoms in total. The Kier molecular flexibility index (Phi) is 16.2. The number of hydrogen-bond donors (Lipinski definition) is 10. The highest BCUT2D eigenvalue weighted by Crippen LogP contribution is 2.07. The van der Waals surface area contributed by atoms with Crippen LogP contribution in [0.3, 0.4) is 0 Å². The summed E-state index contributed by atoms with van der Waals surface area (Å²) < 4.78 is 0. The number of amides is 4. The van der Waals surface area contributed by atoms with Gasteiger partial charge in [-0.2, -0.15) is 0 Å². The third-order valence-corrected chi connectivity index (χ3v) is 5.42. The predicted molar refractivity (Wildman–Crippen MR) is 144 cm³/mol. The van der Waals surface area contributed by atoms with E-state index in [1.165, 1.54) is 0 Å². The molecule has 0 aliphatic heterocycles. The van der Waals surface area contributed by atoms with Crippen molar-refractivity contribution in [2.45, 2.75) is 76.5 Å². The Morgan fingerprint density at radius 1 is 0.718 bits per heavy atom. The van der Waals surface area contributed by atoms with Crippen LogP contribution in [0.25, 0.3) is 0 Å². The van der Waals surface area contributed by atoms with Crippen molar-refractivity contribution in [2.75, 3.05) is 13.1 Å². The first-order valence-corrected chi connectivity index (χ1v) is 12.4. The smallest absolute Gasteiger partial charge is 0.326 e. The number of guanidine groups is 2. The fraction of sp³-hybridized carbons (Fsp3) is 0.682. The van der Waals surface area contributed by atoms with Crippen LogP contribution in [0.1, 0.15) is 52.4 Å². The number of aliphatic imine (C=N–C) groups is 2. The number of carboxylic acids is 1. The average Bonchev–Trinajstić information content (AvgIpc) is 2.83. The van der Waals surface area contributed by atoms with E-state index >= 15 is 0 Å². The van der Waals surface area contributed by atoms with Gasteiger partial charge in [-0.1, -0.05) is 13.8 Å². The fourth-order valence-corrected chi connectivity index (χ4v) is 3.30. The molecule has 16 N–H and O–H groups in total. The largest absolute Gasteiger partial charge is 0.480 e. The Bertz CT molecular complexity index is 901. The number of nitrogens with one attached hydrogen (secondary N) is 3. The van der Waals surface area contributed by atoms with Crippen LogP contribution in [0.15, 0.2) is 9.98 Å². The predicted octanol–water partition coefficient (Wildman–Crippen LogP) is -4.12. The number of nitrogens with two attached hydrogens (primary N) is 6. The van der Waals surface area contributed by atoms with E-state index in [2.05, 4.69) is 25.9 Å². The Hall–Kier alpha value is -4.15. The standard InChI is InChI=1S/C22H43N11O6/c1-11(2)16(33-17(35)12(23)5-3-9-29-21(25)26)19(37)31-13(7-8-15(24)34)18(36)32-14(20(38)39)6-4-10-30-22(27)28/h11-14,16H,3-10,23H2,1-2H3,(H2,24,34)(H,31,37)(H,32,36)(H,33,35)(H,38,39)(H4,25,26,29)(H4,27,28,30). The number of carbonyl (C=O) groups is 5. The van der Waals surface area contributed by atoms with Crippen LogP contribution in [0.4, 0.5) is 0 Å². The van der Waals surface area contributed by atoms with E-state index in [0.29, 0.717) is 6.42 Å². The highest BCUT2D eigenvalue weighted by atomic mass is 16.4. The zero-order valence-electron chi connectivity index (χ0n) is 22.4. The van der Waals surface area contributed by atoms with Gasteiger partial charge in [-0.05, 0) is 38.0 Å². The van der Waals surface area contributed by atoms with Gasteiger partial charge in [-0.25, -0.2) is 4.79 Å². The second kappa shape index (κ2) is 18.2. The van der Waals surface area contributed by atoms with E-state index in [-0.39, 0.29) is 57.1 Å². The van der Waals surface area contributed by atoms with Crippen molar-refractivity contribution >= 4 is 41.5 Å². The molecule has 0 saturated heterocycles. The summed E-state index contributed by atoms with van der Waals surface area (Å²) in [7, 11) is 0. The monoisotopic (exact) mass is 557 g/mol.